The molecular weight excluding hydrogens is 388 g/mol. The van der Waals surface area contributed by atoms with Crippen LogP contribution in [0.5, 0.6) is 0 Å². The molecule has 0 aromatic carbocycles. The maximum atomic E-state index is 3.54. The summed E-state index contributed by atoms with van der Waals surface area (Å²) in [5.74, 6) is 0. The van der Waals surface area contributed by atoms with Crippen molar-refractivity contribution in [3.8, 4) is 0 Å². The summed E-state index contributed by atoms with van der Waals surface area (Å²) in [6, 6.07) is 0. The van der Waals surface area contributed by atoms with Gasteiger partial charge in [-0.1, -0.05) is 15.9 Å². The van der Waals surface area contributed by atoms with Crippen LogP contribution in [-0.4, -0.2) is 5.33 Å². The number of hydrogen-bond acceptors (Lipinski definition) is 0. The van der Waals surface area contributed by atoms with Gasteiger partial charge in [0.1, 0.15) is 0 Å². The van der Waals surface area contributed by atoms with Crippen LogP contribution in [0.2, 0.25) is 47.7 Å². The molecule has 10 heterocycles. The first-order valence-electron chi connectivity index (χ1n) is 10.9. The van der Waals surface area contributed by atoms with Crippen molar-refractivity contribution < 1.29 is 6.51 Å². The predicted molar refractivity (Wildman–Crippen MR) is 96.4 cm³/mol. The summed E-state index contributed by atoms with van der Waals surface area (Å²) in [6.45, 7) is -2.66. The summed E-state index contributed by atoms with van der Waals surface area (Å²) in [5, 5.41) is 1.20. The molecule has 0 nitrogen and oxygen atoms in total. The number of fused-ring (bicyclic) bond motifs is 10. The number of unbranched alkanes of at least 4 members (excludes halogenated alkanes) is 8. The number of alkyl halides is 1. The van der Waals surface area contributed by atoms with E-state index in [0.29, 0.717) is 0 Å². The van der Waals surface area contributed by atoms with E-state index >= 15 is 0 Å². The van der Waals surface area contributed by atoms with Crippen LogP contribution in [0.25, 0.3) is 0 Å². The van der Waals surface area contributed by atoms with Gasteiger partial charge < -0.3 is 0 Å². The fraction of sp³-hybridized carbons (Fsp3) is 1.00. The van der Waals surface area contributed by atoms with Crippen LogP contribution < -0.4 is 0 Å². The first-order valence-corrected chi connectivity index (χ1v) is 18.3. The molecule has 23 heavy (non-hydrogen) atoms. The molecule has 0 bridgehead atoms. The van der Waals surface area contributed by atoms with E-state index in [0.717, 1.165) is 0 Å². The number of halogens is 1. The standard InChI is InChI=1S/C16H26Br.C5H5.Fe/c17-15-11-7-5-3-1-2-4-6-8-12-16-13-9-10-14-16;1-2-4-5-3-1;/h9-10,13-14H,1-8,11-12,15H2;1-5H;. The van der Waals surface area contributed by atoms with Gasteiger partial charge in [0.15, 0.2) is 0 Å². The third-order valence-corrected chi connectivity index (χ3v) is 61.3. The van der Waals surface area contributed by atoms with E-state index in [4.69, 9.17) is 0 Å². The van der Waals surface area contributed by atoms with E-state index in [9.17, 15) is 0 Å². The van der Waals surface area contributed by atoms with Crippen LogP contribution >= 0.6 is 15.9 Å². The number of hydrogen-bond donors (Lipinski definition) is 0. The Balaban J connectivity index is 0.814. The first kappa shape index (κ1) is 11.7. The molecule has 0 aliphatic carbocycles. The molecule has 10 fully saturated rings. The SMILES string of the molecule is BrCCCCCCCCCCC[C]12[CH]3[CH]4[CH]5[CH]1[Fe]45321678[CH]2[CH]1[CH]6[CH]7[CH]28. The Hall–Kier alpha value is 0.999. The molecular formula is C21H31BrFe. The van der Waals surface area contributed by atoms with Gasteiger partial charge in [-0.25, -0.2) is 0 Å². The Morgan fingerprint density at radius 1 is 0.565 bits per heavy atom. The monoisotopic (exact) mass is 418 g/mol. The number of rotatable bonds is 11. The van der Waals surface area contributed by atoms with Gasteiger partial charge in [-0.15, -0.1) is 0 Å². The van der Waals surface area contributed by atoms with E-state index in [2.05, 4.69) is 15.9 Å². The molecule has 10 rings (SSSR count). The van der Waals surface area contributed by atoms with Crippen LogP contribution in [0.15, 0.2) is 0 Å². The van der Waals surface area contributed by atoms with E-state index < -0.39 is 6.51 Å². The average molecular weight is 419 g/mol. The zero-order valence-electron chi connectivity index (χ0n) is 14.2. The van der Waals surface area contributed by atoms with Gasteiger partial charge >= 0.3 is 124 Å². The quantitative estimate of drug-likeness (QED) is 0.181. The van der Waals surface area contributed by atoms with Crippen molar-refractivity contribution in [1.82, 2.24) is 0 Å². The van der Waals surface area contributed by atoms with Crippen molar-refractivity contribution >= 4 is 15.9 Å². The Bertz CT molecular complexity index is 929. The second-order valence-corrected chi connectivity index (χ2v) is 37.9. The van der Waals surface area contributed by atoms with Gasteiger partial charge in [0.2, 0.25) is 0 Å². The van der Waals surface area contributed by atoms with Crippen LogP contribution in [0.4, 0.5) is 0 Å². The molecule has 4 atom stereocenters. The zero-order chi connectivity index (χ0) is 14.8. The van der Waals surface area contributed by atoms with Crippen molar-refractivity contribution in [3.05, 3.63) is 0 Å². The minimum absolute atomic E-state index is 1.20. The Morgan fingerprint density at radius 3 is 1.35 bits per heavy atom. The van der Waals surface area contributed by atoms with Gasteiger partial charge in [0.25, 0.3) is 0 Å². The minimum atomic E-state index is -2.66. The van der Waals surface area contributed by atoms with Crippen molar-refractivity contribution in [2.75, 3.05) is 5.33 Å². The molecule has 0 amide bonds. The summed E-state index contributed by atoms with van der Waals surface area (Å²) >= 11 is 3.54. The third kappa shape index (κ3) is 0.197. The third-order valence-electron chi connectivity index (χ3n) is 17.7. The molecule has 10 aliphatic heterocycles. The Labute approximate surface area is 139 Å². The molecule has 0 N–H and O–H groups in total. The molecule has 10 saturated heterocycles. The predicted octanol–water partition coefficient (Wildman–Crippen LogP) is 8.04. The van der Waals surface area contributed by atoms with E-state index in [-0.39, 0.29) is 0 Å². The van der Waals surface area contributed by atoms with Crippen molar-refractivity contribution in [2.24, 2.45) is 0 Å². The van der Waals surface area contributed by atoms with E-state index in [1.807, 2.05) is 0 Å². The summed E-state index contributed by atoms with van der Waals surface area (Å²) < 4.78 is 1.23. The van der Waals surface area contributed by atoms with Crippen LogP contribution in [0, 0.1) is 0 Å². The topological polar surface area (TPSA) is 0 Å². The summed E-state index contributed by atoms with van der Waals surface area (Å²) in [4.78, 5) is 14.0. The van der Waals surface area contributed by atoms with Crippen molar-refractivity contribution in [1.29, 1.82) is 0 Å². The normalized spacial score (nSPS) is 91.3. The molecule has 0 aromatic heterocycles. The maximum absolute atomic E-state index is 3.54. The Morgan fingerprint density at radius 2 is 1.00 bits per heavy atom. The van der Waals surface area contributed by atoms with Crippen LogP contribution in [0.1, 0.15) is 64.2 Å². The summed E-state index contributed by atoms with van der Waals surface area (Å²) in [7, 11) is 0. The summed E-state index contributed by atoms with van der Waals surface area (Å²) in [6.07, 6.45) is 15.5. The van der Waals surface area contributed by atoms with Gasteiger partial charge in [-0.3, -0.25) is 0 Å². The second-order valence-electron chi connectivity index (χ2n) is 13.5. The van der Waals surface area contributed by atoms with Gasteiger partial charge in [0, 0.05) is 0 Å². The molecule has 10 aliphatic rings. The fourth-order valence-corrected chi connectivity index (χ4v) is 94.8. The molecule has 0 aromatic rings. The van der Waals surface area contributed by atoms with E-state index in [1.54, 1.807) is 69.0 Å². The molecule has 0 saturated carbocycles. The van der Waals surface area contributed by atoms with Gasteiger partial charge in [0.05, 0.1) is 0 Å². The molecule has 0 radical (unpaired) electrons. The average Bonchev–Trinajstić information content (AvgIpc) is 3.50. The fourth-order valence-electron chi connectivity index (χ4n) is 19.1. The van der Waals surface area contributed by atoms with Gasteiger partial charge in [-0.05, 0) is 0 Å². The van der Waals surface area contributed by atoms with E-state index in [1.165, 1.54) is 48.2 Å². The van der Waals surface area contributed by atoms with Crippen molar-refractivity contribution in [2.45, 2.75) is 112 Å². The van der Waals surface area contributed by atoms with Crippen molar-refractivity contribution in [3.63, 3.8) is 0 Å². The Kier molecular flexibility index (Phi) is 0.697. The zero-order valence-corrected chi connectivity index (χ0v) is 16.9. The van der Waals surface area contributed by atoms with Gasteiger partial charge in [-0.2, -0.15) is 0 Å². The van der Waals surface area contributed by atoms with Crippen LogP contribution in [-0.2, 0) is 6.51 Å². The van der Waals surface area contributed by atoms with Crippen LogP contribution in [0.3, 0.4) is 0 Å². The summed E-state index contributed by atoms with van der Waals surface area (Å²) in [5.41, 5.74) is 0. The molecule has 1 spiro atoms. The second kappa shape index (κ2) is 1.37. The first-order chi connectivity index (χ1) is 11.1. The molecule has 2 heteroatoms. The molecule has 130 valence electrons. The molecule has 4 unspecified atom stereocenters.